The molecule has 0 aliphatic heterocycles. The minimum Gasteiger partial charge on any atom is -0.325 e. The van der Waals surface area contributed by atoms with Crippen LogP contribution >= 0.6 is 0 Å². The molecule has 0 atom stereocenters. The first kappa shape index (κ1) is 9.06. The van der Waals surface area contributed by atoms with Gasteiger partial charge in [-0.1, -0.05) is 0 Å². The predicted octanol–water partition coefficient (Wildman–Crippen LogP) is 1.79. The Morgan fingerprint density at radius 1 is 1.58 bits per heavy atom. The Kier molecular flexibility index (Phi) is 2.70. The summed E-state index contributed by atoms with van der Waals surface area (Å²) in [6.45, 7) is 1.81. The van der Waals surface area contributed by atoms with Gasteiger partial charge in [-0.15, -0.1) is 0 Å². The Balaban J connectivity index is 3.14. The first-order chi connectivity index (χ1) is 5.66. The minimum absolute atomic E-state index is 0.0189. The molecule has 0 radical (unpaired) electrons. The number of pyridine rings is 1. The van der Waals surface area contributed by atoms with E-state index < -0.39 is 6.43 Å². The fourth-order valence-corrected chi connectivity index (χ4v) is 1.04. The summed E-state index contributed by atoms with van der Waals surface area (Å²) in [4.78, 5) is 3.88. The molecule has 0 unspecified atom stereocenters. The van der Waals surface area contributed by atoms with Crippen molar-refractivity contribution in [1.82, 2.24) is 4.98 Å². The summed E-state index contributed by atoms with van der Waals surface area (Å²) in [5.74, 6) is 0. The Hall–Kier alpha value is -1.03. The van der Waals surface area contributed by atoms with Crippen LogP contribution in [0.5, 0.6) is 0 Å². The van der Waals surface area contributed by atoms with E-state index >= 15 is 0 Å². The molecule has 0 saturated heterocycles. The van der Waals surface area contributed by atoms with Crippen molar-refractivity contribution in [3.8, 4) is 0 Å². The molecule has 1 aromatic rings. The summed E-state index contributed by atoms with van der Waals surface area (Å²) in [6, 6.07) is 1.32. The molecular formula is C8H10F2N2. The molecule has 2 nitrogen and oxygen atoms in total. The van der Waals surface area contributed by atoms with Crippen molar-refractivity contribution < 1.29 is 8.78 Å². The number of hydrogen-bond acceptors (Lipinski definition) is 2. The van der Waals surface area contributed by atoms with E-state index in [0.29, 0.717) is 11.3 Å². The molecule has 4 heteroatoms. The maximum absolute atomic E-state index is 12.3. The average molecular weight is 172 g/mol. The normalized spacial score (nSPS) is 10.8. The van der Waals surface area contributed by atoms with Gasteiger partial charge in [-0.3, -0.25) is 4.98 Å². The Morgan fingerprint density at radius 2 is 2.25 bits per heavy atom. The van der Waals surface area contributed by atoms with Crippen LogP contribution in [0.1, 0.15) is 23.2 Å². The highest BCUT2D eigenvalue weighted by Gasteiger charge is 2.12. The van der Waals surface area contributed by atoms with Crippen LogP contribution in [-0.4, -0.2) is 4.98 Å². The van der Waals surface area contributed by atoms with Crippen molar-refractivity contribution in [1.29, 1.82) is 0 Å². The van der Waals surface area contributed by atoms with E-state index in [-0.39, 0.29) is 12.1 Å². The van der Waals surface area contributed by atoms with Crippen LogP contribution in [0.25, 0.3) is 0 Å². The van der Waals surface area contributed by atoms with Gasteiger partial charge >= 0.3 is 0 Å². The highest BCUT2D eigenvalue weighted by Crippen LogP contribution is 2.22. The van der Waals surface area contributed by atoms with Gasteiger partial charge in [0.1, 0.15) is 0 Å². The topological polar surface area (TPSA) is 38.9 Å². The lowest BCUT2D eigenvalue weighted by Gasteiger charge is -2.07. The number of nitrogens with two attached hydrogens (primary N) is 1. The van der Waals surface area contributed by atoms with E-state index in [9.17, 15) is 8.78 Å². The van der Waals surface area contributed by atoms with Gasteiger partial charge < -0.3 is 5.73 Å². The molecule has 66 valence electrons. The second kappa shape index (κ2) is 3.58. The van der Waals surface area contributed by atoms with Crippen LogP contribution in [-0.2, 0) is 6.54 Å². The summed E-state index contributed by atoms with van der Waals surface area (Å²) in [7, 11) is 0. The molecule has 0 saturated carbocycles. The van der Waals surface area contributed by atoms with Crippen molar-refractivity contribution in [2.45, 2.75) is 19.9 Å². The Morgan fingerprint density at radius 3 is 2.75 bits per heavy atom. The summed E-state index contributed by atoms with van der Waals surface area (Å²) >= 11 is 0. The average Bonchev–Trinajstić information content (AvgIpc) is 2.04. The fourth-order valence-electron chi connectivity index (χ4n) is 1.04. The van der Waals surface area contributed by atoms with E-state index in [0.717, 1.165) is 0 Å². The lowest BCUT2D eigenvalue weighted by molar-refractivity contribution is 0.150. The smallest absolute Gasteiger partial charge is 0.264 e. The number of halogens is 2. The number of aromatic nitrogens is 1. The van der Waals surface area contributed by atoms with Gasteiger partial charge in [0.05, 0.1) is 5.69 Å². The van der Waals surface area contributed by atoms with E-state index in [1.807, 2.05) is 0 Å². The highest BCUT2D eigenvalue weighted by atomic mass is 19.3. The summed E-state index contributed by atoms with van der Waals surface area (Å²) in [6.07, 6.45) is -1.09. The van der Waals surface area contributed by atoms with Crippen molar-refractivity contribution in [2.24, 2.45) is 5.73 Å². The zero-order valence-corrected chi connectivity index (χ0v) is 6.72. The molecule has 1 aromatic heterocycles. The maximum atomic E-state index is 12.3. The third-order valence-electron chi connectivity index (χ3n) is 1.78. The van der Waals surface area contributed by atoms with Crippen molar-refractivity contribution in [3.05, 3.63) is 29.1 Å². The first-order valence-corrected chi connectivity index (χ1v) is 3.59. The van der Waals surface area contributed by atoms with Crippen LogP contribution in [0.3, 0.4) is 0 Å². The van der Waals surface area contributed by atoms with Crippen LogP contribution in [0.4, 0.5) is 8.78 Å². The maximum Gasteiger partial charge on any atom is 0.264 e. The van der Waals surface area contributed by atoms with Gasteiger partial charge in [0, 0.05) is 18.3 Å². The molecule has 0 fully saturated rings. The lowest BCUT2D eigenvalue weighted by Crippen LogP contribution is -2.04. The molecular weight excluding hydrogens is 162 g/mol. The summed E-state index contributed by atoms with van der Waals surface area (Å²) in [5.41, 5.74) is 6.36. The number of alkyl halides is 2. The molecule has 0 aromatic carbocycles. The van der Waals surface area contributed by atoms with Gasteiger partial charge in [-0.05, 0) is 18.6 Å². The minimum atomic E-state index is -2.45. The number of rotatable bonds is 2. The third kappa shape index (κ3) is 1.58. The van der Waals surface area contributed by atoms with E-state index in [1.165, 1.54) is 12.3 Å². The highest BCUT2D eigenvalue weighted by molar-refractivity contribution is 5.29. The first-order valence-electron chi connectivity index (χ1n) is 3.59. The molecule has 0 aliphatic rings. The van der Waals surface area contributed by atoms with Crippen molar-refractivity contribution >= 4 is 0 Å². The Labute approximate surface area is 69.4 Å². The molecule has 0 amide bonds. The molecule has 2 N–H and O–H groups in total. The molecule has 0 spiro atoms. The van der Waals surface area contributed by atoms with Gasteiger partial charge in [0.15, 0.2) is 0 Å². The molecule has 1 rings (SSSR count). The Bertz CT molecular complexity index is 274. The van der Waals surface area contributed by atoms with E-state index in [1.54, 1.807) is 6.92 Å². The van der Waals surface area contributed by atoms with Crippen LogP contribution < -0.4 is 5.73 Å². The van der Waals surface area contributed by atoms with Crippen molar-refractivity contribution in [3.63, 3.8) is 0 Å². The zero-order chi connectivity index (χ0) is 9.14. The third-order valence-corrected chi connectivity index (χ3v) is 1.78. The van der Waals surface area contributed by atoms with Crippen LogP contribution in [0, 0.1) is 6.92 Å². The SMILES string of the molecule is Cc1c(C(F)F)ccnc1CN. The van der Waals surface area contributed by atoms with Gasteiger partial charge in [0.25, 0.3) is 6.43 Å². The molecule has 0 aliphatic carbocycles. The number of hydrogen-bond donors (Lipinski definition) is 1. The molecule has 0 bridgehead atoms. The number of nitrogens with zero attached hydrogens (tertiary/aromatic N) is 1. The fraction of sp³-hybridized carbons (Fsp3) is 0.375. The van der Waals surface area contributed by atoms with Crippen molar-refractivity contribution in [2.75, 3.05) is 0 Å². The van der Waals surface area contributed by atoms with Gasteiger partial charge in [0.2, 0.25) is 0 Å². The van der Waals surface area contributed by atoms with Gasteiger partial charge in [-0.25, -0.2) is 8.78 Å². The monoisotopic (exact) mass is 172 g/mol. The van der Waals surface area contributed by atoms with E-state index in [2.05, 4.69) is 4.98 Å². The predicted molar refractivity (Wildman–Crippen MR) is 41.8 cm³/mol. The lowest BCUT2D eigenvalue weighted by atomic mass is 10.1. The zero-order valence-electron chi connectivity index (χ0n) is 6.72. The van der Waals surface area contributed by atoms with Gasteiger partial charge in [-0.2, -0.15) is 0 Å². The summed E-state index contributed by atoms with van der Waals surface area (Å²) in [5, 5.41) is 0. The van der Waals surface area contributed by atoms with Crippen LogP contribution in [0.15, 0.2) is 12.3 Å². The largest absolute Gasteiger partial charge is 0.325 e. The standard InChI is InChI=1S/C8H10F2N2/c1-5-6(8(9)10)2-3-12-7(5)4-11/h2-3,8H,4,11H2,1H3. The quantitative estimate of drug-likeness (QED) is 0.738. The molecule has 1 heterocycles. The summed E-state index contributed by atoms with van der Waals surface area (Å²) < 4.78 is 24.6. The second-order valence-electron chi connectivity index (χ2n) is 2.48. The second-order valence-corrected chi connectivity index (χ2v) is 2.48. The molecule has 12 heavy (non-hydrogen) atoms. The van der Waals surface area contributed by atoms with Crippen LogP contribution in [0.2, 0.25) is 0 Å². The van der Waals surface area contributed by atoms with E-state index in [4.69, 9.17) is 5.73 Å².